The molecular weight excluding hydrogens is 380 g/mol. The Morgan fingerprint density at radius 3 is 2.50 bits per heavy atom. The number of carbonyl (C=O) groups is 1. The number of ether oxygens (including phenoxy) is 2. The number of nitrogens with one attached hydrogen (secondary N) is 2. The summed E-state index contributed by atoms with van der Waals surface area (Å²) in [5, 5.41) is 2.87. The zero-order chi connectivity index (χ0) is 21.5. The quantitative estimate of drug-likeness (QED) is 0.583. The number of hydrogen-bond acceptors (Lipinski definition) is 4. The monoisotopic (exact) mass is 406 g/mol. The molecule has 3 rings (SSSR count). The fourth-order valence-electron chi connectivity index (χ4n) is 3.08. The molecule has 0 bridgehead atoms. The lowest BCUT2D eigenvalue weighted by atomic mass is 10.1. The predicted octanol–water partition coefficient (Wildman–Crippen LogP) is 4.33. The van der Waals surface area contributed by atoms with E-state index in [0.717, 1.165) is 17.5 Å². The van der Waals surface area contributed by atoms with Gasteiger partial charge in [0.15, 0.2) is 11.5 Å². The van der Waals surface area contributed by atoms with Crippen LogP contribution in [-0.2, 0) is 0 Å². The minimum atomic E-state index is -0.436. The maximum atomic E-state index is 12.7. The first-order valence-corrected chi connectivity index (χ1v) is 9.93. The predicted molar refractivity (Wildman–Crippen MR) is 117 cm³/mol. The van der Waals surface area contributed by atoms with Crippen molar-refractivity contribution in [1.82, 2.24) is 10.3 Å². The van der Waals surface area contributed by atoms with E-state index in [-0.39, 0.29) is 11.6 Å². The fourth-order valence-corrected chi connectivity index (χ4v) is 3.08. The third kappa shape index (κ3) is 4.89. The van der Waals surface area contributed by atoms with Gasteiger partial charge in [-0.05, 0) is 48.7 Å². The second-order valence-electron chi connectivity index (χ2n) is 6.93. The summed E-state index contributed by atoms with van der Waals surface area (Å²) in [6.07, 6.45) is 0.898. The van der Waals surface area contributed by atoms with Crippen molar-refractivity contribution >= 4 is 5.91 Å². The van der Waals surface area contributed by atoms with Gasteiger partial charge in [-0.3, -0.25) is 9.59 Å². The first-order chi connectivity index (χ1) is 14.5. The molecule has 6 nitrogen and oxygen atoms in total. The minimum absolute atomic E-state index is 0.0661. The van der Waals surface area contributed by atoms with Crippen molar-refractivity contribution in [2.45, 2.75) is 26.3 Å². The molecule has 0 spiro atoms. The normalized spacial score (nSPS) is 11.6. The Kier molecular flexibility index (Phi) is 6.91. The number of hydrogen-bond donors (Lipinski definition) is 2. The maximum absolute atomic E-state index is 12.7. The van der Waals surface area contributed by atoms with Gasteiger partial charge in [-0.25, -0.2) is 0 Å². The summed E-state index contributed by atoms with van der Waals surface area (Å²) in [6, 6.07) is 18.0. The molecule has 156 valence electrons. The highest BCUT2D eigenvalue weighted by atomic mass is 16.5. The summed E-state index contributed by atoms with van der Waals surface area (Å²) in [5.74, 6) is 0.829. The lowest BCUT2D eigenvalue weighted by Crippen LogP contribution is -2.31. The van der Waals surface area contributed by atoms with Crippen LogP contribution in [0.3, 0.4) is 0 Å². The first-order valence-electron chi connectivity index (χ1n) is 9.93. The Balaban J connectivity index is 1.75. The molecule has 1 aromatic heterocycles. The molecule has 0 fully saturated rings. The van der Waals surface area contributed by atoms with Crippen molar-refractivity contribution in [2.75, 3.05) is 13.7 Å². The van der Waals surface area contributed by atoms with Gasteiger partial charge < -0.3 is 19.8 Å². The maximum Gasteiger partial charge on any atom is 0.261 e. The van der Waals surface area contributed by atoms with Crippen molar-refractivity contribution in [3.8, 4) is 22.8 Å². The summed E-state index contributed by atoms with van der Waals surface area (Å²) >= 11 is 0. The molecule has 0 radical (unpaired) electrons. The number of amides is 1. The SMILES string of the molecule is CCCOc1ccc(C(C)NC(=O)c2ccc(-c3ccccc3)[nH]c2=O)cc1OC. The molecule has 0 saturated carbocycles. The van der Waals surface area contributed by atoms with Gasteiger partial charge in [-0.1, -0.05) is 43.3 Å². The van der Waals surface area contributed by atoms with Gasteiger partial charge in [0.1, 0.15) is 5.56 Å². The first kappa shape index (κ1) is 21.2. The lowest BCUT2D eigenvalue weighted by molar-refractivity contribution is 0.0938. The summed E-state index contributed by atoms with van der Waals surface area (Å²) in [7, 11) is 1.58. The van der Waals surface area contributed by atoms with Gasteiger partial charge in [0.2, 0.25) is 0 Å². The fraction of sp³-hybridized carbons (Fsp3) is 0.250. The Bertz CT molecular complexity index is 1060. The van der Waals surface area contributed by atoms with Gasteiger partial charge in [0.05, 0.1) is 19.8 Å². The molecule has 0 aliphatic carbocycles. The molecule has 1 unspecified atom stereocenters. The summed E-state index contributed by atoms with van der Waals surface area (Å²) in [6.45, 7) is 4.49. The smallest absolute Gasteiger partial charge is 0.261 e. The van der Waals surface area contributed by atoms with Crippen LogP contribution in [0.1, 0.15) is 42.2 Å². The van der Waals surface area contributed by atoms with Crippen LogP contribution in [0.15, 0.2) is 65.5 Å². The zero-order valence-corrected chi connectivity index (χ0v) is 17.4. The number of carbonyl (C=O) groups excluding carboxylic acids is 1. The largest absolute Gasteiger partial charge is 0.493 e. The zero-order valence-electron chi connectivity index (χ0n) is 17.4. The van der Waals surface area contributed by atoms with Crippen molar-refractivity contribution in [3.63, 3.8) is 0 Å². The summed E-state index contributed by atoms with van der Waals surface area (Å²) in [4.78, 5) is 27.9. The average Bonchev–Trinajstić information content (AvgIpc) is 2.77. The Morgan fingerprint density at radius 2 is 1.83 bits per heavy atom. The van der Waals surface area contributed by atoms with E-state index in [9.17, 15) is 9.59 Å². The second-order valence-corrected chi connectivity index (χ2v) is 6.93. The van der Waals surface area contributed by atoms with Crippen LogP contribution >= 0.6 is 0 Å². The van der Waals surface area contributed by atoms with E-state index in [1.165, 1.54) is 0 Å². The molecule has 2 N–H and O–H groups in total. The second kappa shape index (κ2) is 9.78. The van der Waals surface area contributed by atoms with E-state index in [0.29, 0.717) is 23.8 Å². The Labute approximate surface area is 175 Å². The van der Waals surface area contributed by atoms with Crippen LogP contribution < -0.4 is 20.3 Å². The van der Waals surface area contributed by atoms with Gasteiger partial charge in [0.25, 0.3) is 11.5 Å². The number of rotatable bonds is 8. The summed E-state index contributed by atoms with van der Waals surface area (Å²) in [5.41, 5.74) is 2.03. The standard InChI is InChI=1S/C24H26N2O4/c1-4-14-30-21-13-10-18(15-22(21)29-3)16(2)25-23(27)19-11-12-20(26-24(19)28)17-8-6-5-7-9-17/h5-13,15-16H,4,14H2,1-3H3,(H,25,27)(H,26,28). The van der Waals surface area contributed by atoms with E-state index >= 15 is 0 Å². The molecule has 1 heterocycles. The highest BCUT2D eigenvalue weighted by molar-refractivity contribution is 5.94. The Hall–Kier alpha value is -3.54. The highest BCUT2D eigenvalue weighted by Gasteiger charge is 2.17. The Morgan fingerprint density at radius 1 is 1.07 bits per heavy atom. The van der Waals surface area contributed by atoms with Crippen LogP contribution in [0, 0.1) is 0 Å². The van der Waals surface area contributed by atoms with Crippen molar-refractivity contribution in [2.24, 2.45) is 0 Å². The molecule has 0 saturated heterocycles. The molecule has 6 heteroatoms. The van der Waals surface area contributed by atoms with Crippen LogP contribution in [-0.4, -0.2) is 24.6 Å². The minimum Gasteiger partial charge on any atom is -0.493 e. The van der Waals surface area contributed by atoms with E-state index in [2.05, 4.69) is 10.3 Å². The topological polar surface area (TPSA) is 80.4 Å². The number of benzene rings is 2. The number of methoxy groups -OCH3 is 1. The molecule has 3 aromatic rings. The molecule has 0 aliphatic heterocycles. The van der Waals surface area contributed by atoms with E-state index in [1.54, 1.807) is 19.2 Å². The third-order valence-corrected chi connectivity index (χ3v) is 4.74. The molecule has 1 atom stereocenters. The van der Waals surface area contributed by atoms with Crippen LogP contribution in [0.4, 0.5) is 0 Å². The molecule has 30 heavy (non-hydrogen) atoms. The van der Waals surface area contributed by atoms with Crippen molar-refractivity contribution < 1.29 is 14.3 Å². The molecular formula is C24H26N2O4. The van der Waals surface area contributed by atoms with Gasteiger partial charge >= 0.3 is 0 Å². The van der Waals surface area contributed by atoms with E-state index in [1.807, 2.05) is 62.4 Å². The number of pyridine rings is 1. The van der Waals surface area contributed by atoms with E-state index in [4.69, 9.17) is 9.47 Å². The van der Waals surface area contributed by atoms with Gasteiger partial charge in [-0.15, -0.1) is 0 Å². The molecule has 2 aromatic carbocycles. The molecule has 0 aliphatic rings. The number of H-pyrrole nitrogens is 1. The van der Waals surface area contributed by atoms with Crippen LogP contribution in [0.5, 0.6) is 11.5 Å². The van der Waals surface area contributed by atoms with E-state index < -0.39 is 11.5 Å². The average molecular weight is 406 g/mol. The number of aromatic amines is 1. The molecule has 1 amide bonds. The third-order valence-electron chi connectivity index (χ3n) is 4.74. The van der Waals surface area contributed by atoms with Gasteiger partial charge in [0, 0.05) is 5.69 Å². The van der Waals surface area contributed by atoms with Crippen LogP contribution in [0.2, 0.25) is 0 Å². The highest BCUT2D eigenvalue weighted by Crippen LogP contribution is 2.30. The lowest BCUT2D eigenvalue weighted by Gasteiger charge is -2.17. The summed E-state index contributed by atoms with van der Waals surface area (Å²) < 4.78 is 11.1. The van der Waals surface area contributed by atoms with Crippen LogP contribution in [0.25, 0.3) is 11.3 Å². The number of aromatic nitrogens is 1. The van der Waals surface area contributed by atoms with Crippen molar-refractivity contribution in [3.05, 3.63) is 82.1 Å². The van der Waals surface area contributed by atoms with Gasteiger partial charge in [-0.2, -0.15) is 0 Å². The van der Waals surface area contributed by atoms with Crippen molar-refractivity contribution in [1.29, 1.82) is 0 Å².